The molecule has 0 bridgehead atoms. The van der Waals surface area contributed by atoms with Crippen LogP contribution in [-0.2, 0) is 6.54 Å². The monoisotopic (exact) mass is 237 g/mol. The van der Waals surface area contributed by atoms with Gasteiger partial charge < -0.3 is 10.7 Å². The van der Waals surface area contributed by atoms with Gasteiger partial charge in [-0.2, -0.15) is 0 Å². The quantitative estimate of drug-likeness (QED) is 0.781. The van der Waals surface area contributed by atoms with Gasteiger partial charge >= 0.3 is 5.69 Å². The summed E-state index contributed by atoms with van der Waals surface area (Å²) in [6.45, 7) is 1.78. The van der Waals surface area contributed by atoms with Crippen molar-refractivity contribution >= 4 is 10.9 Å². The van der Waals surface area contributed by atoms with Gasteiger partial charge in [-0.25, -0.2) is 9.18 Å². The molecule has 5 nitrogen and oxygen atoms in total. The summed E-state index contributed by atoms with van der Waals surface area (Å²) in [7, 11) is 0. The summed E-state index contributed by atoms with van der Waals surface area (Å²) >= 11 is 0. The second-order valence-corrected chi connectivity index (χ2v) is 3.99. The van der Waals surface area contributed by atoms with E-state index < -0.39 is 17.1 Å². The molecule has 0 spiro atoms. The van der Waals surface area contributed by atoms with Gasteiger partial charge in [0.25, 0.3) is 5.56 Å². The molecule has 1 atom stereocenters. The van der Waals surface area contributed by atoms with Crippen LogP contribution in [0.2, 0.25) is 0 Å². The van der Waals surface area contributed by atoms with Crippen molar-refractivity contribution in [3.63, 3.8) is 0 Å². The number of para-hydroxylation sites is 1. The van der Waals surface area contributed by atoms with Gasteiger partial charge in [0, 0.05) is 12.6 Å². The first kappa shape index (κ1) is 11.5. The molecular formula is C11H12FN3O2. The van der Waals surface area contributed by atoms with Crippen LogP contribution in [0, 0.1) is 5.82 Å². The molecule has 1 aromatic heterocycles. The number of hydrogen-bond acceptors (Lipinski definition) is 3. The number of nitrogens with two attached hydrogens (primary N) is 1. The lowest BCUT2D eigenvalue weighted by atomic mass is 10.2. The lowest BCUT2D eigenvalue weighted by Crippen LogP contribution is -2.40. The van der Waals surface area contributed by atoms with Crippen LogP contribution in [0.15, 0.2) is 27.8 Å². The smallest absolute Gasteiger partial charge is 0.326 e. The number of fused-ring (bicyclic) bond motifs is 1. The minimum absolute atomic E-state index is 0.0663. The molecule has 0 saturated heterocycles. The first-order valence-corrected chi connectivity index (χ1v) is 5.17. The normalized spacial score (nSPS) is 12.9. The third-order valence-corrected chi connectivity index (χ3v) is 2.44. The van der Waals surface area contributed by atoms with Crippen molar-refractivity contribution in [3.8, 4) is 0 Å². The zero-order valence-electron chi connectivity index (χ0n) is 9.24. The lowest BCUT2D eigenvalue weighted by Gasteiger charge is -2.08. The Hall–Kier alpha value is -1.95. The summed E-state index contributed by atoms with van der Waals surface area (Å²) in [5, 5.41) is 0.144. The molecule has 1 aromatic carbocycles. The molecule has 0 saturated carbocycles. The van der Waals surface area contributed by atoms with Crippen molar-refractivity contribution in [1.82, 2.24) is 9.55 Å². The van der Waals surface area contributed by atoms with E-state index in [9.17, 15) is 14.0 Å². The highest BCUT2D eigenvalue weighted by Gasteiger charge is 2.11. The van der Waals surface area contributed by atoms with Crippen molar-refractivity contribution in [1.29, 1.82) is 0 Å². The second-order valence-electron chi connectivity index (χ2n) is 3.99. The molecule has 0 aliphatic rings. The van der Waals surface area contributed by atoms with E-state index >= 15 is 0 Å². The Bertz CT molecular complexity index is 672. The molecule has 90 valence electrons. The third kappa shape index (κ3) is 1.99. The highest BCUT2D eigenvalue weighted by Crippen LogP contribution is 2.09. The highest BCUT2D eigenvalue weighted by molar-refractivity contribution is 5.77. The fourth-order valence-corrected chi connectivity index (χ4v) is 1.70. The van der Waals surface area contributed by atoms with E-state index in [0.29, 0.717) is 0 Å². The summed E-state index contributed by atoms with van der Waals surface area (Å²) in [6.07, 6.45) is 0. The first-order chi connectivity index (χ1) is 8.00. The summed E-state index contributed by atoms with van der Waals surface area (Å²) in [5.74, 6) is -0.621. The Morgan fingerprint density at radius 3 is 2.82 bits per heavy atom. The fraction of sp³-hybridized carbons (Fsp3) is 0.273. The van der Waals surface area contributed by atoms with Gasteiger partial charge in [-0.05, 0) is 19.1 Å². The van der Waals surface area contributed by atoms with Crippen LogP contribution in [0.1, 0.15) is 6.92 Å². The van der Waals surface area contributed by atoms with Gasteiger partial charge in [0.05, 0.1) is 10.9 Å². The number of nitrogens with zero attached hydrogens (tertiary/aromatic N) is 1. The van der Waals surface area contributed by atoms with Crippen LogP contribution in [0.3, 0.4) is 0 Å². The second kappa shape index (κ2) is 4.14. The molecule has 1 heterocycles. The molecule has 0 aliphatic carbocycles. The van der Waals surface area contributed by atoms with Crippen LogP contribution < -0.4 is 17.0 Å². The maximum atomic E-state index is 13.4. The number of rotatable bonds is 2. The summed E-state index contributed by atoms with van der Waals surface area (Å²) in [6, 6.07) is 3.75. The molecule has 6 heteroatoms. The minimum Gasteiger partial charge on any atom is -0.326 e. The van der Waals surface area contributed by atoms with Crippen molar-refractivity contribution in [3.05, 3.63) is 44.9 Å². The summed E-state index contributed by atoms with van der Waals surface area (Å²) in [5.41, 5.74) is 4.31. The minimum atomic E-state index is -0.648. The Morgan fingerprint density at radius 2 is 2.18 bits per heavy atom. The van der Waals surface area contributed by atoms with Gasteiger partial charge in [-0.1, -0.05) is 6.07 Å². The number of nitrogens with one attached hydrogen (secondary N) is 1. The van der Waals surface area contributed by atoms with Crippen LogP contribution in [0.4, 0.5) is 4.39 Å². The molecule has 3 N–H and O–H groups in total. The topological polar surface area (TPSA) is 80.9 Å². The van der Waals surface area contributed by atoms with Gasteiger partial charge in [-0.3, -0.25) is 9.36 Å². The van der Waals surface area contributed by atoms with Gasteiger partial charge in [0.2, 0.25) is 0 Å². The Labute approximate surface area is 95.7 Å². The highest BCUT2D eigenvalue weighted by atomic mass is 19.1. The van der Waals surface area contributed by atoms with Crippen LogP contribution in [-0.4, -0.2) is 15.6 Å². The molecule has 0 fully saturated rings. The van der Waals surface area contributed by atoms with Crippen molar-refractivity contribution < 1.29 is 4.39 Å². The number of H-pyrrole nitrogens is 1. The average Bonchev–Trinajstić information content (AvgIpc) is 2.26. The van der Waals surface area contributed by atoms with E-state index in [1.165, 1.54) is 18.2 Å². The largest absolute Gasteiger partial charge is 0.328 e. The zero-order chi connectivity index (χ0) is 12.6. The van der Waals surface area contributed by atoms with Gasteiger partial charge in [-0.15, -0.1) is 0 Å². The maximum Gasteiger partial charge on any atom is 0.328 e. The number of aromatic nitrogens is 2. The number of hydrogen-bond donors (Lipinski definition) is 2. The van der Waals surface area contributed by atoms with Crippen molar-refractivity contribution in [2.45, 2.75) is 19.5 Å². The number of aromatic amines is 1. The number of benzene rings is 1. The van der Waals surface area contributed by atoms with Crippen LogP contribution in [0.25, 0.3) is 10.9 Å². The summed E-state index contributed by atoms with van der Waals surface area (Å²) in [4.78, 5) is 25.9. The van der Waals surface area contributed by atoms with E-state index in [0.717, 1.165) is 4.57 Å². The summed E-state index contributed by atoms with van der Waals surface area (Å²) < 4.78 is 14.4. The van der Waals surface area contributed by atoms with E-state index in [-0.39, 0.29) is 23.5 Å². The molecule has 2 rings (SSSR count). The van der Waals surface area contributed by atoms with Crippen molar-refractivity contribution in [2.24, 2.45) is 5.73 Å². The third-order valence-electron chi connectivity index (χ3n) is 2.44. The number of halogens is 1. The molecule has 17 heavy (non-hydrogen) atoms. The lowest BCUT2D eigenvalue weighted by molar-refractivity contribution is 0.552. The first-order valence-electron chi connectivity index (χ1n) is 5.17. The molecule has 2 aromatic rings. The molecule has 1 unspecified atom stereocenters. The van der Waals surface area contributed by atoms with E-state index in [4.69, 9.17) is 5.73 Å². The predicted octanol–water partition coefficient (Wildman–Crippen LogP) is 0.176. The van der Waals surface area contributed by atoms with Crippen LogP contribution >= 0.6 is 0 Å². The Morgan fingerprint density at radius 1 is 1.47 bits per heavy atom. The predicted molar refractivity (Wildman–Crippen MR) is 62.4 cm³/mol. The zero-order valence-corrected chi connectivity index (χ0v) is 9.24. The maximum absolute atomic E-state index is 13.4. The fourth-order valence-electron chi connectivity index (χ4n) is 1.70. The Kier molecular flexibility index (Phi) is 2.81. The van der Waals surface area contributed by atoms with E-state index in [1.54, 1.807) is 6.92 Å². The molecule has 0 aliphatic heterocycles. The standard InChI is InChI=1S/C11H12FN3O2/c1-6(13)5-15-10(16)7-3-2-4-8(12)9(7)14-11(15)17/h2-4,6H,5,13H2,1H3,(H,14,17). The Balaban J connectivity index is 2.82. The SMILES string of the molecule is CC(N)Cn1c(=O)[nH]c2c(F)cccc2c1=O. The molecular weight excluding hydrogens is 225 g/mol. The molecule has 0 amide bonds. The van der Waals surface area contributed by atoms with Gasteiger partial charge in [0.15, 0.2) is 0 Å². The van der Waals surface area contributed by atoms with E-state index in [2.05, 4.69) is 4.98 Å². The average molecular weight is 237 g/mol. The van der Waals surface area contributed by atoms with Crippen LogP contribution in [0.5, 0.6) is 0 Å². The van der Waals surface area contributed by atoms with Crippen molar-refractivity contribution in [2.75, 3.05) is 0 Å². The van der Waals surface area contributed by atoms with E-state index in [1.807, 2.05) is 0 Å². The van der Waals surface area contributed by atoms with Gasteiger partial charge in [0.1, 0.15) is 5.82 Å². The molecule has 0 radical (unpaired) electrons.